The van der Waals surface area contributed by atoms with Gasteiger partial charge in [-0.1, -0.05) is 62.4 Å². The molecule has 2 aliphatic heterocycles. The Morgan fingerprint density at radius 2 is 1.42 bits per heavy atom. The molecule has 36 heavy (non-hydrogen) atoms. The highest BCUT2D eigenvalue weighted by atomic mass is 16.2. The van der Waals surface area contributed by atoms with Gasteiger partial charge in [0.1, 0.15) is 5.69 Å². The van der Waals surface area contributed by atoms with E-state index in [1.165, 1.54) is 0 Å². The Bertz CT molecular complexity index is 1170. The number of carbonyl (C=O) groups excluding carboxylic acids is 2. The Hall–Kier alpha value is -3.41. The summed E-state index contributed by atoms with van der Waals surface area (Å²) in [5, 5.41) is 4.81. The lowest BCUT2D eigenvalue weighted by atomic mass is 9.84. The lowest BCUT2D eigenvalue weighted by Gasteiger charge is -2.38. The number of aromatic nitrogens is 2. The number of benzene rings is 2. The number of amides is 2. The summed E-state index contributed by atoms with van der Waals surface area (Å²) in [5.74, 6) is 1.35. The molecule has 2 aliphatic rings. The van der Waals surface area contributed by atoms with E-state index >= 15 is 0 Å². The minimum Gasteiger partial charge on any atom is -0.342 e. The van der Waals surface area contributed by atoms with E-state index in [4.69, 9.17) is 5.10 Å². The van der Waals surface area contributed by atoms with Gasteiger partial charge in [0, 0.05) is 43.9 Å². The number of nitrogens with zero attached hydrogens (tertiary/aromatic N) is 4. The topological polar surface area (TPSA) is 58.4 Å². The van der Waals surface area contributed by atoms with E-state index in [1.54, 1.807) is 4.68 Å². The predicted molar refractivity (Wildman–Crippen MR) is 142 cm³/mol. The molecular formula is C30H36N4O2. The van der Waals surface area contributed by atoms with E-state index < -0.39 is 0 Å². The highest BCUT2D eigenvalue weighted by Crippen LogP contribution is 2.30. The Labute approximate surface area is 213 Å². The molecule has 188 valence electrons. The number of carbonyl (C=O) groups is 2. The van der Waals surface area contributed by atoms with Gasteiger partial charge < -0.3 is 9.80 Å². The minimum absolute atomic E-state index is 0.0105. The molecule has 0 N–H and O–H groups in total. The van der Waals surface area contributed by atoms with E-state index in [-0.39, 0.29) is 11.8 Å². The van der Waals surface area contributed by atoms with E-state index in [2.05, 4.69) is 18.7 Å². The van der Waals surface area contributed by atoms with E-state index in [9.17, 15) is 9.59 Å². The fourth-order valence-corrected chi connectivity index (χ4v) is 5.54. The van der Waals surface area contributed by atoms with Gasteiger partial charge in [-0.2, -0.15) is 5.10 Å². The Kier molecular flexibility index (Phi) is 7.21. The van der Waals surface area contributed by atoms with Crippen LogP contribution in [0.2, 0.25) is 0 Å². The van der Waals surface area contributed by atoms with Gasteiger partial charge in [-0.25, -0.2) is 4.68 Å². The summed E-state index contributed by atoms with van der Waals surface area (Å²) in [6.07, 6.45) is 5.78. The molecule has 0 aliphatic carbocycles. The molecule has 2 saturated heterocycles. The Balaban J connectivity index is 1.29. The third-order valence-corrected chi connectivity index (χ3v) is 8.03. The Morgan fingerprint density at radius 3 is 2.06 bits per heavy atom. The van der Waals surface area contributed by atoms with Crippen LogP contribution >= 0.6 is 0 Å². The molecule has 0 spiro atoms. The number of rotatable bonds is 5. The van der Waals surface area contributed by atoms with Gasteiger partial charge >= 0.3 is 0 Å². The molecule has 2 aromatic carbocycles. The zero-order valence-electron chi connectivity index (χ0n) is 21.3. The standard InChI is InChI=1S/C30H36N4O2/c1-22-13-17-32(18-14-22)29(35)23(2)24-15-19-33(20-16-24)30(36)27-21-34(26-11-7-4-8-12-26)31-28(27)25-9-5-3-6-10-25/h3-12,21-24H,13-20H2,1-2H3/t23-/m0/s1. The molecule has 2 fully saturated rings. The van der Waals surface area contributed by atoms with Crippen molar-refractivity contribution in [1.82, 2.24) is 19.6 Å². The van der Waals surface area contributed by atoms with Crippen LogP contribution in [0.25, 0.3) is 16.9 Å². The van der Waals surface area contributed by atoms with Gasteiger partial charge in [0.05, 0.1) is 11.3 Å². The summed E-state index contributed by atoms with van der Waals surface area (Å²) < 4.78 is 1.79. The quantitative estimate of drug-likeness (QED) is 0.495. The fourth-order valence-electron chi connectivity index (χ4n) is 5.54. The van der Waals surface area contributed by atoms with Crippen molar-refractivity contribution in [2.24, 2.45) is 17.8 Å². The Morgan fingerprint density at radius 1 is 0.833 bits per heavy atom. The van der Waals surface area contributed by atoms with Crippen LogP contribution in [0.1, 0.15) is 49.9 Å². The summed E-state index contributed by atoms with van der Waals surface area (Å²) >= 11 is 0. The van der Waals surface area contributed by atoms with Crippen molar-refractivity contribution in [2.45, 2.75) is 39.5 Å². The number of hydrogen-bond acceptors (Lipinski definition) is 3. The van der Waals surface area contributed by atoms with E-state index in [0.29, 0.717) is 42.1 Å². The average Bonchev–Trinajstić information content (AvgIpc) is 3.39. The number of likely N-dealkylation sites (tertiary alicyclic amines) is 2. The van der Waals surface area contributed by atoms with Crippen molar-refractivity contribution in [1.29, 1.82) is 0 Å². The fraction of sp³-hybridized carbons (Fsp3) is 0.433. The van der Waals surface area contributed by atoms with Gasteiger partial charge in [0.2, 0.25) is 5.91 Å². The van der Waals surface area contributed by atoms with Crippen LogP contribution in [0.5, 0.6) is 0 Å². The van der Waals surface area contributed by atoms with Crippen molar-refractivity contribution in [3.8, 4) is 16.9 Å². The van der Waals surface area contributed by atoms with Crippen molar-refractivity contribution >= 4 is 11.8 Å². The molecule has 3 heterocycles. The third-order valence-electron chi connectivity index (χ3n) is 8.03. The van der Waals surface area contributed by atoms with Gasteiger partial charge in [-0.3, -0.25) is 9.59 Å². The number of piperidine rings is 2. The zero-order valence-corrected chi connectivity index (χ0v) is 21.3. The van der Waals surface area contributed by atoms with Gasteiger partial charge in [-0.15, -0.1) is 0 Å². The second-order valence-corrected chi connectivity index (χ2v) is 10.5. The first-order chi connectivity index (χ1) is 17.5. The molecule has 0 saturated carbocycles. The minimum atomic E-state index is 0.0105. The van der Waals surface area contributed by atoms with Crippen LogP contribution in [0.4, 0.5) is 0 Å². The normalized spacial score (nSPS) is 18.3. The number of para-hydroxylation sites is 1. The monoisotopic (exact) mass is 484 g/mol. The summed E-state index contributed by atoms with van der Waals surface area (Å²) in [6.45, 7) is 7.46. The molecule has 6 heteroatoms. The maximum atomic E-state index is 13.7. The average molecular weight is 485 g/mol. The summed E-state index contributed by atoms with van der Waals surface area (Å²) in [7, 11) is 0. The lowest BCUT2D eigenvalue weighted by Crippen LogP contribution is -2.45. The van der Waals surface area contributed by atoms with Crippen molar-refractivity contribution in [3.05, 3.63) is 72.4 Å². The zero-order chi connectivity index (χ0) is 25.1. The van der Waals surface area contributed by atoms with Crippen molar-refractivity contribution in [2.75, 3.05) is 26.2 Å². The molecule has 5 rings (SSSR count). The molecule has 1 atom stereocenters. The first-order valence-corrected chi connectivity index (χ1v) is 13.3. The van der Waals surface area contributed by atoms with Crippen molar-refractivity contribution < 1.29 is 9.59 Å². The van der Waals surface area contributed by atoms with Crippen LogP contribution in [0.3, 0.4) is 0 Å². The maximum Gasteiger partial charge on any atom is 0.257 e. The molecule has 0 unspecified atom stereocenters. The largest absolute Gasteiger partial charge is 0.342 e. The molecule has 0 radical (unpaired) electrons. The van der Waals surface area contributed by atoms with E-state index in [0.717, 1.165) is 50.0 Å². The lowest BCUT2D eigenvalue weighted by molar-refractivity contribution is -0.138. The van der Waals surface area contributed by atoms with Gasteiger partial charge in [-0.05, 0) is 49.7 Å². The molecule has 3 aromatic rings. The molecule has 6 nitrogen and oxygen atoms in total. The molecular weight excluding hydrogens is 448 g/mol. The van der Waals surface area contributed by atoms with Crippen LogP contribution in [0, 0.1) is 17.8 Å². The van der Waals surface area contributed by atoms with Crippen LogP contribution < -0.4 is 0 Å². The highest BCUT2D eigenvalue weighted by molar-refractivity contribution is 6.00. The summed E-state index contributed by atoms with van der Waals surface area (Å²) in [6, 6.07) is 19.8. The highest BCUT2D eigenvalue weighted by Gasteiger charge is 2.34. The predicted octanol–water partition coefficient (Wildman–Crippen LogP) is 5.29. The summed E-state index contributed by atoms with van der Waals surface area (Å²) in [5.41, 5.74) is 3.18. The second-order valence-electron chi connectivity index (χ2n) is 10.5. The smallest absolute Gasteiger partial charge is 0.257 e. The number of hydrogen-bond donors (Lipinski definition) is 0. The van der Waals surface area contributed by atoms with Crippen LogP contribution in [-0.2, 0) is 4.79 Å². The van der Waals surface area contributed by atoms with Gasteiger partial charge in [0.15, 0.2) is 0 Å². The maximum absolute atomic E-state index is 13.7. The molecule has 2 amide bonds. The summed E-state index contributed by atoms with van der Waals surface area (Å²) in [4.78, 5) is 30.8. The first kappa shape index (κ1) is 24.3. The van der Waals surface area contributed by atoms with E-state index in [1.807, 2.05) is 71.8 Å². The molecule has 0 bridgehead atoms. The van der Waals surface area contributed by atoms with Crippen molar-refractivity contribution in [3.63, 3.8) is 0 Å². The van der Waals surface area contributed by atoms with Gasteiger partial charge in [0.25, 0.3) is 5.91 Å². The second kappa shape index (κ2) is 10.7. The first-order valence-electron chi connectivity index (χ1n) is 13.3. The third kappa shape index (κ3) is 5.08. The van der Waals surface area contributed by atoms with Crippen LogP contribution in [0.15, 0.2) is 66.9 Å². The van der Waals surface area contributed by atoms with Crippen LogP contribution in [-0.4, -0.2) is 57.6 Å². The SMILES string of the molecule is CC1CCN(C(=O)[C@@H](C)C2CCN(C(=O)c3cn(-c4ccccc4)nc3-c3ccccc3)CC2)CC1. The molecule has 1 aromatic heterocycles.